The van der Waals surface area contributed by atoms with Gasteiger partial charge in [-0.15, -0.1) is 0 Å². The van der Waals surface area contributed by atoms with Crippen molar-refractivity contribution in [3.05, 3.63) is 39.9 Å². The lowest BCUT2D eigenvalue weighted by Gasteiger charge is -2.47. The molecule has 2 atom stereocenters. The largest absolute Gasteiger partial charge is 0.423 e. The van der Waals surface area contributed by atoms with Crippen LogP contribution in [0.2, 0.25) is 0 Å². The average Bonchev–Trinajstić information content (AvgIpc) is 3.76. The number of piperazine rings is 1. The standard InChI is InChI=1S/C26H29F6N7O4/c1-14(35-17-10-34-36-23(41)21(17)26(30,31)32)13-43-7-4-20(40)37-5-6-38-19(12-37)24(42)39(11-15-2-3-15)18-8-16(25(27,28)29)9-33-22(18)38/h8-10,14-15,19H,2-7,11-13H2,1H3,(H2,35,36,41)/t14-,19-/m0/s1. The summed E-state index contributed by atoms with van der Waals surface area (Å²) in [5, 5.41) is 7.69. The van der Waals surface area contributed by atoms with Crippen molar-refractivity contribution in [1.82, 2.24) is 20.1 Å². The minimum absolute atomic E-state index is 0.0225. The molecular weight excluding hydrogens is 588 g/mol. The first-order valence-corrected chi connectivity index (χ1v) is 13.7. The Morgan fingerprint density at radius 1 is 1.14 bits per heavy atom. The number of alkyl halides is 6. The Morgan fingerprint density at radius 3 is 2.56 bits per heavy atom. The van der Waals surface area contributed by atoms with Gasteiger partial charge in [-0.1, -0.05) is 0 Å². The van der Waals surface area contributed by atoms with E-state index < -0.39 is 46.8 Å². The molecule has 3 aliphatic rings. The summed E-state index contributed by atoms with van der Waals surface area (Å²) in [4.78, 5) is 46.7. The van der Waals surface area contributed by atoms with Crippen molar-refractivity contribution >= 4 is 29.0 Å². The van der Waals surface area contributed by atoms with Crippen molar-refractivity contribution in [2.45, 2.75) is 50.6 Å². The predicted molar refractivity (Wildman–Crippen MR) is 140 cm³/mol. The normalized spacial score (nSPS) is 19.7. The third-order valence-electron chi connectivity index (χ3n) is 7.53. The first-order chi connectivity index (χ1) is 20.2. The molecule has 1 saturated carbocycles. The molecule has 5 rings (SSSR count). The second kappa shape index (κ2) is 11.7. The van der Waals surface area contributed by atoms with Crippen LogP contribution in [-0.2, 0) is 26.7 Å². The fourth-order valence-electron chi connectivity index (χ4n) is 5.21. The molecule has 2 N–H and O–H groups in total. The molecule has 17 heteroatoms. The number of aromatic nitrogens is 3. The molecule has 43 heavy (non-hydrogen) atoms. The van der Waals surface area contributed by atoms with Crippen molar-refractivity contribution in [1.29, 1.82) is 0 Å². The van der Waals surface area contributed by atoms with Gasteiger partial charge in [-0.3, -0.25) is 14.4 Å². The number of anilines is 3. The molecule has 1 saturated heterocycles. The number of nitrogens with one attached hydrogen (secondary N) is 2. The van der Waals surface area contributed by atoms with Crippen LogP contribution in [-0.4, -0.2) is 83.4 Å². The van der Waals surface area contributed by atoms with Gasteiger partial charge in [-0.2, -0.15) is 31.4 Å². The Balaban J connectivity index is 1.17. The molecule has 0 unspecified atom stereocenters. The Morgan fingerprint density at radius 2 is 1.88 bits per heavy atom. The van der Waals surface area contributed by atoms with Gasteiger partial charge in [0.2, 0.25) is 5.91 Å². The molecule has 2 aromatic rings. The molecule has 4 heterocycles. The van der Waals surface area contributed by atoms with Gasteiger partial charge in [0.1, 0.15) is 11.6 Å². The third-order valence-corrected chi connectivity index (χ3v) is 7.53. The Labute approximate surface area is 241 Å². The summed E-state index contributed by atoms with van der Waals surface area (Å²) >= 11 is 0. The number of nitrogens with zero attached hydrogens (tertiary/aromatic N) is 5. The van der Waals surface area contributed by atoms with Gasteiger partial charge in [0.25, 0.3) is 11.5 Å². The number of halogens is 6. The van der Waals surface area contributed by atoms with Crippen LogP contribution in [0.15, 0.2) is 23.3 Å². The number of pyridine rings is 1. The van der Waals surface area contributed by atoms with E-state index in [-0.39, 0.29) is 75.1 Å². The van der Waals surface area contributed by atoms with Crippen molar-refractivity contribution < 1.29 is 40.7 Å². The zero-order valence-electron chi connectivity index (χ0n) is 23.0. The van der Waals surface area contributed by atoms with E-state index in [1.807, 2.05) is 0 Å². The number of rotatable bonds is 9. The second-order valence-corrected chi connectivity index (χ2v) is 10.9. The van der Waals surface area contributed by atoms with E-state index in [1.54, 1.807) is 10.00 Å². The first-order valence-electron chi connectivity index (χ1n) is 13.7. The van der Waals surface area contributed by atoms with Crippen LogP contribution in [0.25, 0.3) is 0 Å². The summed E-state index contributed by atoms with van der Waals surface area (Å²) in [6.45, 7) is 2.11. The molecule has 2 aromatic heterocycles. The summed E-state index contributed by atoms with van der Waals surface area (Å²) in [5.74, 6) is -0.223. The van der Waals surface area contributed by atoms with E-state index in [0.717, 1.165) is 31.3 Å². The second-order valence-electron chi connectivity index (χ2n) is 10.9. The molecule has 11 nitrogen and oxygen atoms in total. The van der Waals surface area contributed by atoms with Crippen molar-refractivity contribution in [2.24, 2.45) is 5.92 Å². The van der Waals surface area contributed by atoms with Gasteiger partial charge in [-0.25, -0.2) is 10.1 Å². The summed E-state index contributed by atoms with van der Waals surface area (Å²) in [6.07, 6.45) is -6.21. The highest BCUT2D eigenvalue weighted by molar-refractivity contribution is 6.05. The summed E-state index contributed by atoms with van der Waals surface area (Å²) in [6, 6.07) is -0.505. The monoisotopic (exact) mass is 617 g/mol. The van der Waals surface area contributed by atoms with Gasteiger partial charge < -0.3 is 24.8 Å². The van der Waals surface area contributed by atoms with E-state index in [0.29, 0.717) is 0 Å². The minimum Gasteiger partial charge on any atom is -0.379 e. The Hall–Kier alpha value is -3.89. The number of hydrogen-bond acceptors (Lipinski definition) is 8. The minimum atomic E-state index is -4.89. The highest BCUT2D eigenvalue weighted by Crippen LogP contribution is 2.42. The average molecular weight is 618 g/mol. The zero-order valence-corrected chi connectivity index (χ0v) is 23.0. The maximum atomic E-state index is 13.5. The number of carbonyl (C=O) groups is 2. The van der Waals surface area contributed by atoms with Crippen molar-refractivity contribution in [3.63, 3.8) is 0 Å². The van der Waals surface area contributed by atoms with Crippen molar-refractivity contribution in [3.8, 4) is 0 Å². The lowest BCUT2D eigenvalue weighted by Crippen LogP contribution is -2.64. The van der Waals surface area contributed by atoms with Crippen LogP contribution in [0.3, 0.4) is 0 Å². The van der Waals surface area contributed by atoms with Crippen LogP contribution in [0.5, 0.6) is 0 Å². The molecular formula is C26H29F6N7O4. The SMILES string of the molecule is C[C@@H](COCCC(=O)N1CCN2c3ncc(C(F)(F)F)cc3N(CC3CC3)C(=O)[C@@H]2C1)Nc1cn[nH]c(=O)c1C(F)(F)F. The van der Waals surface area contributed by atoms with E-state index in [4.69, 9.17) is 4.74 Å². The number of carbonyl (C=O) groups excluding carboxylic acids is 2. The van der Waals surface area contributed by atoms with Gasteiger partial charge in [0.05, 0.1) is 49.3 Å². The van der Waals surface area contributed by atoms with Gasteiger partial charge in [-0.05, 0) is 31.7 Å². The van der Waals surface area contributed by atoms with E-state index in [1.165, 1.54) is 16.7 Å². The molecule has 0 bridgehead atoms. The summed E-state index contributed by atoms with van der Waals surface area (Å²) in [5.41, 5.74) is -4.10. The molecule has 0 radical (unpaired) electrons. The van der Waals surface area contributed by atoms with Crippen LogP contribution in [0.4, 0.5) is 43.5 Å². The van der Waals surface area contributed by atoms with Crippen molar-refractivity contribution in [2.75, 3.05) is 54.5 Å². The zero-order chi connectivity index (χ0) is 31.1. The lowest BCUT2D eigenvalue weighted by atomic mass is 10.0. The molecule has 1 aliphatic carbocycles. The predicted octanol–water partition coefficient (Wildman–Crippen LogP) is 2.88. The number of H-pyrrole nitrogens is 1. The van der Waals surface area contributed by atoms with E-state index >= 15 is 0 Å². The molecule has 2 aliphatic heterocycles. The van der Waals surface area contributed by atoms with Crippen LogP contribution >= 0.6 is 0 Å². The van der Waals surface area contributed by atoms with E-state index in [2.05, 4.69) is 15.4 Å². The van der Waals surface area contributed by atoms with Gasteiger partial charge in [0.15, 0.2) is 5.82 Å². The molecule has 2 amide bonds. The number of fused-ring (bicyclic) bond motifs is 3. The topological polar surface area (TPSA) is 124 Å². The number of hydrogen-bond donors (Lipinski definition) is 2. The molecule has 0 aromatic carbocycles. The first kappa shape index (κ1) is 30.6. The van der Waals surface area contributed by atoms with Crippen LogP contribution in [0, 0.1) is 5.92 Å². The fraction of sp³-hybridized carbons (Fsp3) is 0.577. The number of aromatic amines is 1. The highest BCUT2D eigenvalue weighted by Gasteiger charge is 2.45. The highest BCUT2D eigenvalue weighted by atomic mass is 19.4. The molecule has 0 spiro atoms. The van der Waals surface area contributed by atoms with Crippen LogP contribution < -0.4 is 20.7 Å². The maximum Gasteiger partial charge on any atom is 0.423 e. The Kier molecular flexibility index (Phi) is 8.28. The number of amides is 2. The summed E-state index contributed by atoms with van der Waals surface area (Å²) in [7, 11) is 0. The van der Waals surface area contributed by atoms with E-state index in [9.17, 15) is 40.7 Å². The summed E-state index contributed by atoms with van der Waals surface area (Å²) < 4.78 is 85.4. The Bertz CT molecular complexity index is 1430. The maximum absolute atomic E-state index is 13.5. The van der Waals surface area contributed by atoms with Gasteiger partial charge in [0, 0.05) is 31.9 Å². The quantitative estimate of drug-likeness (QED) is 0.326. The molecule has 2 fully saturated rings. The number of ether oxygens (including phenoxy) is 1. The smallest absolute Gasteiger partial charge is 0.379 e. The van der Waals surface area contributed by atoms with Gasteiger partial charge >= 0.3 is 12.4 Å². The van der Waals surface area contributed by atoms with Crippen LogP contribution in [0.1, 0.15) is 37.3 Å². The lowest BCUT2D eigenvalue weighted by molar-refractivity contribution is -0.138. The third kappa shape index (κ3) is 6.70. The fourth-order valence-corrected chi connectivity index (χ4v) is 5.21. The molecule has 234 valence electrons.